The molecule has 0 atom stereocenters. The second kappa shape index (κ2) is 5.33. The fourth-order valence-electron chi connectivity index (χ4n) is 0.890. The third-order valence-corrected chi connectivity index (χ3v) is 2.19. The highest BCUT2D eigenvalue weighted by Crippen LogP contribution is 2.10. The quantitative estimate of drug-likeness (QED) is 0.756. The number of thiazole rings is 1. The topological polar surface area (TPSA) is 85.1 Å². The molecule has 0 radical (unpaired) electrons. The normalized spacial score (nSPS) is 9.71. The highest BCUT2D eigenvalue weighted by atomic mass is 32.1. The third-order valence-electron chi connectivity index (χ3n) is 1.51. The van der Waals surface area contributed by atoms with Crippen LogP contribution in [-0.2, 0) is 9.59 Å². The van der Waals surface area contributed by atoms with Crippen LogP contribution in [0.25, 0.3) is 0 Å². The van der Waals surface area contributed by atoms with Crippen molar-refractivity contribution in [3.05, 3.63) is 11.6 Å². The number of carbonyl (C=O) groups excluding carboxylic acids is 2. The highest BCUT2D eigenvalue weighted by molar-refractivity contribution is 7.13. The van der Waals surface area contributed by atoms with Gasteiger partial charge in [0.25, 0.3) is 0 Å². The van der Waals surface area contributed by atoms with Gasteiger partial charge in [0.1, 0.15) is 0 Å². The molecule has 2 amide bonds. The van der Waals surface area contributed by atoms with Gasteiger partial charge in [-0.05, 0) is 6.42 Å². The highest BCUT2D eigenvalue weighted by Gasteiger charge is 2.04. The molecule has 14 heavy (non-hydrogen) atoms. The van der Waals surface area contributed by atoms with E-state index in [9.17, 15) is 9.59 Å². The number of nitrogens with two attached hydrogens (primary N) is 1. The summed E-state index contributed by atoms with van der Waals surface area (Å²) in [6, 6.07) is 0. The van der Waals surface area contributed by atoms with Crippen LogP contribution in [0.4, 0.5) is 5.13 Å². The van der Waals surface area contributed by atoms with Crippen LogP contribution in [-0.4, -0.2) is 16.8 Å². The van der Waals surface area contributed by atoms with Crippen molar-refractivity contribution in [2.24, 2.45) is 5.73 Å². The number of carbonyl (C=O) groups is 2. The van der Waals surface area contributed by atoms with E-state index in [1.165, 1.54) is 11.3 Å². The number of nitrogens with zero attached hydrogens (tertiary/aromatic N) is 1. The van der Waals surface area contributed by atoms with Crippen LogP contribution in [0.3, 0.4) is 0 Å². The predicted molar refractivity (Wildman–Crippen MR) is 53.8 cm³/mol. The molecule has 1 heterocycles. The van der Waals surface area contributed by atoms with Gasteiger partial charge in [0.15, 0.2) is 5.13 Å². The van der Waals surface area contributed by atoms with Crippen LogP contribution in [0.1, 0.15) is 19.3 Å². The Balaban J connectivity index is 2.20. The minimum Gasteiger partial charge on any atom is -0.370 e. The zero-order valence-corrected chi connectivity index (χ0v) is 8.34. The van der Waals surface area contributed by atoms with E-state index < -0.39 is 0 Å². The molecule has 0 saturated carbocycles. The number of nitrogens with one attached hydrogen (secondary N) is 1. The molecule has 0 unspecified atom stereocenters. The molecule has 1 rings (SSSR count). The van der Waals surface area contributed by atoms with Crippen LogP contribution in [0.5, 0.6) is 0 Å². The molecular weight excluding hydrogens is 202 g/mol. The Morgan fingerprint density at radius 3 is 2.86 bits per heavy atom. The maximum atomic E-state index is 11.2. The SMILES string of the molecule is NC(=O)CCCC(=O)Nc1nccs1. The molecule has 0 aliphatic rings. The second-order valence-electron chi connectivity index (χ2n) is 2.71. The van der Waals surface area contributed by atoms with E-state index in [4.69, 9.17) is 5.73 Å². The molecule has 0 saturated heterocycles. The molecule has 0 spiro atoms. The van der Waals surface area contributed by atoms with Gasteiger partial charge in [-0.25, -0.2) is 4.98 Å². The molecule has 0 fully saturated rings. The Bertz CT molecular complexity index is 310. The molecule has 76 valence electrons. The number of hydrogen-bond acceptors (Lipinski definition) is 4. The minimum atomic E-state index is -0.382. The number of anilines is 1. The summed E-state index contributed by atoms with van der Waals surface area (Å²) in [4.78, 5) is 25.5. The van der Waals surface area contributed by atoms with Gasteiger partial charge in [0.2, 0.25) is 11.8 Å². The van der Waals surface area contributed by atoms with Gasteiger partial charge < -0.3 is 11.1 Å². The lowest BCUT2D eigenvalue weighted by molar-refractivity contribution is -0.118. The van der Waals surface area contributed by atoms with Gasteiger partial charge in [-0.15, -0.1) is 11.3 Å². The monoisotopic (exact) mass is 213 g/mol. The first-order valence-electron chi connectivity index (χ1n) is 4.16. The summed E-state index contributed by atoms with van der Waals surface area (Å²) in [5.41, 5.74) is 4.93. The number of amides is 2. The fourth-order valence-corrected chi connectivity index (χ4v) is 1.44. The molecule has 3 N–H and O–H groups in total. The van der Waals surface area contributed by atoms with E-state index in [2.05, 4.69) is 10.3 Å². The lowest BCUT2D eigenvalue weighted by Gasteiger charge is -1.99. The molecule has 0 aliphatic carbocycles. The Hall–Kier alpha value is -1.43. The summed E-state index contributed by atoms with van der Waals surface area (Å²) in [6.45, 7) is 0. The first kappa shape index (κ1) is 10.6. The van der Waals surface area contributed by atoms with E-state index in [0.29, 0.717) is 18.0 Å². The Labute approximate surface area is 85.3 Å². The van der Waals surface area contributed by atoms with E-state index in [0.717, 1.165) is 0 Å². The van der Waals surface area contributed by atoms with Crippen molar-refractivity contribution in [3.8, 4) is 0 Å². The second-order valence-corrected chi connectivity index (χ2v) is 3.60. The minimum absolute atomic E-state index is 0.138. The van der Waals surface area contributed by atoms with Crippen molar-refractivity contribution < 1.29 is 9.59 Å². The number of aromatic nitrogens is 1. The van der Waals surface area contributed by atoms with Crippen molar-refractivity contribution in [1.82, 2.24) is 4.98 Å². The predicted octanol–water partition coefficient (Wildman–Crippen LogP) is 0.737. The van der Waals surface area contributed by atoms with E-state index in [1.54, 1.807) is 11.6 Å². The van der Waals surface area contributed by atoms with Crippen molar-refractivity contribution in [3.63, 3.8) is 0 Å². The molecule has 1 aromatic rings. The molecule has 1 aromatic heterocycles. The number of rotatable bonds is 5. The molecule has 0 aromatic carbocycles. The number of primary amides is 1. The molecule has 5 nitrogen and oxygen atoms in total. The summed E-state index contributed by atoms with van der Waals surface area (Å²) in [7, 11) is 0. The Morgan fingerprint density at radius 1 is 1.50 bits per heavy atom. The average Bonchev–Trinajstić information content (AvgIpc) is 2.56. The van der Waals surface area contributed by atoms with Gasteiger partial charge in [0, 0.05) is 24.4 Å². The lowest BCUT2D eigenvalue weighted by Crippen LogP contribution is -2.14. The largest absolute Gasteiger partial charge is 0.370 e. The van der Waals surface area contributed by atoms with Crippen LogP contribution in [0.15, 0.2) is 11.6 Å². The maximum absolute atomic E-state index is 11.2. The smallest absolute Gasteiger partial charge is 0.226 e. The summed E-state index contributed by atoms with van der Waals surface area (Å²) >= 11 is 1.36. The standard InChI is InChI=1S/C8H11N3O2S/c9-6(12)2-1-3-7(13)11-8-10-4-5-14-8/h4-5H,1-3H2,(H2,9,12)(H,10,11,13). The fraction of sp³-hybridized carbons (Fsp3) is 0.375. The molecular formula is C8H11N3O2S. The number of hydrogen-bond donors (Lipinski definition) is 2. The Morgan fingerprint density at radius 2 is 2.29 bits per heavy atom. The Kier molecular flexibility index (Phi) is 4.06. The molecule has 6 heteroatoms. The summed E-state index contributed by atoms with van der Waals surface area (Å²) in [5, 5.41) is 4.97. The average molecular weight is 213 g/mol. The van der Waals surface area contributed by atoms with Crippen molar-refractivity contribution in [2.45, 2.75) is 19.3 Å². The van der Waals surface area contributed by atoms with Gasteiger partial charge in [0.05, 0.1) is 0 Å². The van der Waals surface area contributed by atoms with E-state index >= 15 is 0 Å². The summed E-state index contributed by atoms with van der Waals surface area (Å²) in [6.07, 6.45) is 2.63. The van der Waals surface area contributed by atoms with Gasteiger partial charge in [-0.2, -0.15) is 0 Å². The lowest BCUT2D eigenvalue weighted by atomic mass is 10.2. The summed E-state index contributed by atoms with van der Waals surface area (Å²) < 4.78 is 0. The summed E-state index contributed by atoms with van der Waals surface area (Å²) in [5.74, 6) is -0.520. The van der Waals surface area contributed by atoms with Crippen molar-refractivity contribution in [1.29, 1.82) is 0 Å². The van der Waals surface area contributed by atoms with Crippen molar-refractivity contribution in [2.75, 3.05) is 5.32 Å². The van der Waals surface area contributed by atoms with Crippen LogP contribution >= 0.6 is 11.3 Å². The molecule has 0 aliphatic heterocycles. The van der Waals surface area contributed by atoms with Crippen LogP contribution in [0, 0.1) is 0 Å². The van der Waals surface area contributed by atoms with E-state index in [-0.39, 0.29) is 18.2 Å². The molecule has 0 bridgehead atoms. The first-order chi connectivity index (χ1) is 6.68. The van der Waals surface area contributed by atoms with Crippen LogP contribution in [0.2, 0.25) is 0 Å². The van der Waals surface area contributed by atoms with Gasteiger partial charge >= 0.3 is 0 Å². The van der Waals surface area contributed by atoms with Gasteiger partial charge in [-0.3, -0.25) is 9.59 Å². The van der Waals surface area contributed by atoms with E-state index in [1.807, 2.05) is 0 Å². The van der Waals surface area contributed by atoms with Gasteiger partial charge in [-0.1, -0.05) is 0 Å². The maximum Gasteiger partial charge on any atom is 0.226 e. The zero-order chi connectivity index (χ0) is 10.4. The third kappa shape index (κ3) is 3.99. The van der Waals surface area contributed by atoms with Crippen molar-refractivity contribution >= 4 is 28.3 Å². The first-order valence-corrected chi connectivity index (χ1v) is 5.04. The van der Waals surface area contributed by atoms with Crippen LogP contribution < -0.4 is 11.1 Å². The zero-order valence-electron chi connectivity index (χ0n) is 7.53.